The van der Waals surface area contributed by atoms with Gasteiger partial charge in [-0.25, -0.2) is 4.18 Å². The van der Waals surface area contributed by atoms with E-state index >= 15 is 0 Å². The first-order valence-corrected chi connectivity index (χ1v) is 12.8. The lowest BCUT2D eigenvalue weighted by Crippen LogP contribution is -2.63. The van der Waals surface area contributed by atoms with Gasteiger partial charge in [-0.15, -0.1) is 0 Å². The predicted molar refractivity (Wildman–Crippen MR) is 124 cm³/mol. The fourth-order valence-corrected chi connectivity index (χ4v) is 4.91. The summed E-state index contributed by atoms with van der Waals surface area (Å²) >= 11 is 0. The highest BCUT2D eigenvalue weighted by atomic mass is 32.2. The van der Waals surface area contributed by atoms with Crippen LogP contribution in [0.2, 0.25) is 0 Å². The molecule has 184 valence electrons. The van der Waals surface area contributed by atoms with Crippen LogP contribution >= 0.6 is 0 Å². The van der Waals surface area contributed by atoms with Crippen molar-refractivity contribution in [2.75, 3.05) is 25.2 Å². The van der Waals surface area contributed by atoms with E-state index in [0.29, 0.717) is 6.61 Å². The van der Waals surface area contributed by atoms with Crippen LogP contribution in [0.4, 0.5) is 0 Å². The number of rotatable bonds is 9. The number of pyridine rings is 1. The molecule has 1 saturated heterocycles. The van der Waals surface area contributed by atoms with Crippen molar-refractivity contribution in [2.45, 2.75) is 56.9 Å². The van der Waals surface area contributed by atoms with Crippen molar-refractivity contribution in [2.24, 2.45) is 0 Å². The van der Waals surface area contributed by atoms with Crippen LogP contribution in [-0.4, -0.2) is 56.1 Å². The molecule has 0 aliphatic carbocycles. The lowest BCUT2D eigenvalue weighted by atomic mass is 10.2. The van der Waals surface area contributed by atoms with E-state index in [1.165, 1.54) is 34.0 Å². The van der Waals surface area contributed by atoms with E-state index in [1.807, 2.05) is 6.92 Å². The summed E-state index contributed by atoms with van der Waals surface area (Å²) in [4.78, 5) is 27.2. The Morgan fingerprint density at radius 1 is 1.12 bits per heavy atom. The van der Waals surface area contributed by atoms with Crippen LogP contribution in [-0.2, 0) is 19.0 Å². The summed E-state index contributed by atoms with van der Waals surface area (Å²) in [6, 6.07) is 7.54. The zero-order valence-electron chi connectivity index (χ0n) is 19.2. The van der Waals surface area contributed by atoms with E-state index in [4.69, 9.17) is 13.7 Å². The molecular weight excluding hydrogens is 462 g/mol. The lowest BCUT2D eigenvalue weighted by molar-refractivity contribution is -0.149. The van der Waals surface area contributed by atoms with Gasteiger partial charge in [0, 0.05) is 18.8 Å². The molecule has 2 atom stereocenters. The molecule has 4 rings (SSSR count). The van der Waals surface area contributed by atoms with Crippen molar-refractivity contribution in [1.82, 2.24) is 9.58 Å². The van der Waals surface area contributed by atoms with Crippen LogP contribution in [0.1, 0.15) is 48.7 Å². The number of morpholine rings is 1. The second-order valence-electron chi connectivity index (χ2n) is 8.31. The van der Waals surface area contributed by atoms with Crippen LogP contribution in [0.25, 0.3) is 0 Å². The number of nitrogens with one attached hydrogen (secondary N) is 1. The Kier molecular flexibility index (Phi) is 7.24. The second kappa shape index (κ2) is 10.2. The second-order valence-corrected chi connectivity index (χ2v) is 9.88. The Balaban J connectivity index is 1.56. The molecule has 0 bridgehead atoms. The number of aromatic nitrogens is 1. The van der Waals surface area contributed by atoms with Gasteiger partial charge in [0.15, 0.2) is 17.6 Å². The maximum atomic E-state index is 13.4. The third-order valence-corrected chi connectivity index (χ3v) is 7.07. The molecule has 0 saturated carbocycles. The third kappa shape index (κ3) is 4.96. The highest BCUT2D eigenvalue weighted by molar-refractivity contribution is 7.86. The zero-order chi connectivity index (χ0) is 24.3. The van der Waals surface area contributed by atoms with Crippen LogP contribution < -0.4 is 15.6 Å². The van der Waals surface area contributed by atoms with Crippen molar-refractivity contribution in [3.8, 4) is 5.75 Å². The standard InChI is InChI=1S/C23H29N3O7S/c1-3-4-5-6-14-31-20-18(27)11-12-26-19(20)22(28)25-13-15-32-23(21(25)24-26)33-34(29,30)17-9-7-16(2)8-10-17/h7-12,21,23-24H,3-6,13-15H2,1-2H3/t21-,23?/m0/s1. The van der Waals surface area contributed by atoms with Crippen molar-refractivity contribution in [1.29, 1.82) is 0 Å². The first kappa shape index (κ1) is 24.2. The predicted octanol–water partition coefficient (Wildman–Crippen LogP) is 2.20. The number of hydrogen-bond donors (Lipinski definition) is 1. The van der Waals surface area contributed by atoms with Gasteiger partial charge in [0.1, 0.15) is 0 Å². The third-order valence-electron chi connectivity index (χ3n) is 5.77. The number of fused-ring (bicyclic) bond motifs is 2. The fourth-order valence-electron chi connectivity index (χ4n) is 3.92. The van der Waals surface area contributed by atoms with Crippen LogP contribution in [0, 0.1) is 6.92 Å². The normalized spacial score (nSPS) is 19.8. The minimum Gasteiger partial charge on any atom is -0.487 e. The SMILES string of the molecule is CCCCCCOc1c2n(ccc1=O)N[C@@H]1C(OS(=O)(=O)c3ccc(C)cc3)OCCN1C2=O. The van der Waals surface area contributed by atoms with Gasteiger partial charge in [0.05, 0.1) is 18.1 Å². The molecule has 2 aliphatic rings. The summed E-state index contributed by atoms with van der Waals surface area (Å²) in [5.74, 6) is -0.485. The number of hydrogen-bond acceptors (Lipinski definition) is 8. The number of amides is 1. The zero-order valence-corrected chi connectivity index (χ0v) is 20.0. The first-order valence-electron chi connectivity index (χ1n) is 11.4. The number of nitrogens with zero attached hydrogens (tertiary/aromatic N) is 2. The topological polar surface area (TPSA) is 116 Å². The monoisotopic (exact) mass is 491 g/mol. The van der Waals surface area contributed by atoms with E-state index in [1.54, 1.807) is 12.1 Å². The molecule has 0 radical (unpaired) electrons. The number of ether oxygens (including phenoxy) is 2. The van der Waals surface area contributed by atoms with Crippen molar-refractivity contribution in [3.05, 3.63) is 58.0 Å². The number of aryl methyl sites for hydroxylation is 1. The van der Waals surface area contributed by atoms with Gasteiger partial charge in [-0.2, -0.15) is 8.42 Å². The summed E-state index contributed by atoms with van der Waals surface area (Å²) in [6.07, 6.45) is 3.10. The molecule has 10 nitrogen and oxygen atoms in total. The minimum absolute atomic E-state index is 0.0104. The van der Waals surface area contributed by atoms with Gasteiger partial charge >= 0.3 is 0 Å². The Morgan fingerprint density at radius 3 is 2.62 bits per heavy atom. The Hall–Kier alpha value is -2.89. The summed E-state index contributed by atoms with van der Waals surface area (Å²) in [5.41, 5.74) is 3.62. The molecule has 1 fully saturated rings. The molecule has 1 unspecified atom stereocenters. The lowest BCUT2D eigenvalue weighted by Gasteiger charge is -2.44. The van der Waals surface area contributed by atoms with Crippen LogP contribution in [0.15, 0.2) is 46.2 Å². The Morgan fingerprint density at radius 2 is 1.88 bits per heavy atom. The molecule has 1 aromatic heterocycles. The maximum absolute atomic E-state index is 13.4. The largest absolute Gasteiger partial charge is 0.487 e. The smallest absolute Gasteiger partial charge is 0.299 e. The van der Waals surface area contributed by atoms with E-state index in [-0.39, 0.29) is 29.5 Å². The van der Waals surface area contributed by atoms with Gasteiger partial charge in [-0.3, -0.25) is 19.7 Å². The van der Waals surface area contributed by atoms with E-state index in [0.717, 1.165) is 31.2 Å². The van der Waals surface area contributed by atoms with Crippen molar-refractivity contribution in [3.63, 3.8) is 0 Å². The van der Waals surface area contributed by atoms with E-state index in [2.05, 4.69) is 12.3 Å². The average molecular weight is 492 g/mol. The molecule has 1 N–H and O–H groups in total. The molecule has 1 amide bonds. The highest BCUT2D eigenvalue weighted by Crippen LogP contribution is 2.27. The quantitative estimate of drug-likeness (QED) is 0.419. The van der Waals surface area contributed by atoms with Gasteiger partial charge < -0.3 is 14.4 Å². The summed E-state index contributed by atoms with van der Waals surface area (Å²) < 4.78 is 43.7. The molecule has 1 aromatic carbocycles. The fraction of sp³-hybridized carbons (Fsp3) is 0.478. The molecule has 34 heavy (non-hydrogen) atoms. The van der Waals surface area contributed by atoms with Gasteiger partial charge in [-0.1, -0.05) is 43.9 Å². The summed E-state index contributed by atoms with van der Waals surface area (Å²) in [5, 5.41) is 0. The Labute approximate surface area is 198 Å². The van der Waals surface area contributed by atoms with E-state index in [9.17, 15) is 18.0 Å². The molecule has 3 heterocycles. The summed E-state index contributed by atoms with van der Waals surface area (Å²) in [6.45, 7) is 4.55. The molecule has 11 heteroatoms. The molecule has 2 aromatic rings. The van der Waals surface area contributed by atoms with Gasteiger partial charge in [0.2, 0.25) is 11.7 Å². The van der Waals surface area contributed by atoms with Crippen LogP contribution in [0.3, 0.4) is 0 Å². The molecule has 2 aliphatic heterocycles. The van der Waals surface area contributed by atoms with Crippen molar-refractivity contribution < 1.29 is 26.9 Å². The number of unbranched alkanes of at least 4 members (excludes halogenated alkanes) is 3. The Bertz CT molecular complexity index is 1190. The van der Waals surface area contributed by atoms with Gasteiger partial charge in [0.25, 0.3) is 16.0 Å². The van der Waals surface area contributed by atoms with Gasteiger partial charge in [-0.05, 0) is 25.5 Å². The number of carbonyl (C=O) groups is 1. The minimum atomic E-state index is -4.14. The maximum Gasteiger partial charge on any atom is 0.299 e. The number of carbonyl (C=O) groups excluding carboxylic acids is 1. The van der Waals surface area contributed by atoms with E-state index < -0.39 is 33.9 Å². The average Bonchev–Trinajstić information content (AvgIpc) is 2.81. The van der Waals surface area contributed by atoms with Crippen LogP contribution in [0.5, 0.6) is 5.75 Å². The first-order chi connectivity index (χ1) is 16.3. The summed E-state index contributed by atoms with van der Waals surface area (Å²) in [7, 11) is -4.14. The molecular formula is C23H29N3O7S. The highest BCUT2D eigenvalue weighted by Gasteiger charge is 2.44. The number of benzene rings is 1. The van der Waals surface area contributed by atoms with Crippen molar-refractivity contribution >= 4 is 16.0 Å². The molecule has 0 spiro atoms.